The highest BCUT2D eigenvalue weighted by Crippen LogP contribution is 2.22. The van der Waals surface area contributed by atoms with Gasteiger partial charge in [-0.1, -0.05) is 42.5 Å². The molecule has 0 aliphatic heterocycles. The van der Waals surface area contributed by atoms with Gasteiger partial charge in [0.25, 0.3) is 11.5 Å². The summed E-state index contributed by atoms with van der Waals surface area (Å²) in [7, 11) is 1.61. The second kappa shape index (κ2) is 11.3. The van der Waals surface area contributed by atoms with E-state index in [2.05, 4.69) is 5.10 Å². The monoisotopic (exact) mass is 475 g/mol. The molecule has 0 radical (unpaired) electrons. The second-order valence-electron chi connectivity index (χ2n) is 7.49. The molecule has 174 valence electrons. The lowest BCUT2D eigenvalue weighted by Gasteiger charge is -2.23. The van der Waals surface area contributed by atoms with Crippen molar-refractivity contribution in [3.8, 4) is 11.5 Å². The highest BCUT2D eigenvalue weighted by atomic mass is 32.1. The maximum absolute atomic E-state index is 13.5. The van der Waals surface area contributed by atoms with E-state index in [1.54, 1.807) is 23.3 Å². The Hall–Kier alpha value is -3.91. The molecule has 1 amide bonds. The molecular weight excluding hydrogens is 450 g/mol. The molecule has 0 fully saturated rings. The molecule has 0 saturated carbocycles. The van der Waals surface area contributed by atoms with Gasteiger partial charge in [0.2, 0.25) is 0 Å². The topological polar surface area (TPSA) is 73.7 Å². The molecule has 2 aromatic heterocycles. The molecule has 0 spiro atoms. The molecule has 0 unspecified atom stereocenters. The van der Waals surface area contributed by atoms with Gasteiger partial charge in [-0.3, -0.25) is 9.59 Å². The number of amides is 1. The molecule has 2 aromatic carbocycles. The first-order valence-electron chi connectivity index (χ1n) is 10.8. The van der Waals surface area contributed by atoms with Gasteiger partial charge >= 0.3 is 0 Å². The smallest absolute Gasteiger partial charge is 0.274 e. The average molecular weight is 476 g/mol. The quantitative estimate of drug-likeness (QED) is 0.343. The lowest BCUT2D eigenvalue weighted by Crippen LogP contribution is -2.33. The van der Waals surface area contributed by atoms with Crippen LogP contribution in [0.5, 0.6) is 11.5 Å². The number of carbonyl (C=O) groups excluding carboxylic acids is 1. The van der Waals surface area contributed by atoms with Crippen molar-refractivity contribution >= 4 is 17.2 Å². The molecular formula is C26H25N3O4S. The maximum atomic E-state index is 13.5. The molecule has 0 atom stereocenters. The largest absolute Gasteiger partial charge is 0.496 e. The van der Waals surface area contributed by atoms with Crippen LogP contribution in [-0.4, -0.2) is 34.3 Å². The Kier molecular flexibility index (Phi) is 7.72. The molecule has 0 saturated heterocycles. The first-order valence-corrected chi connectivity index (χ1v) is 11.7. The molecule has 0 aliphatic carbocycles. The van der Waals surface area contributed by atoms with Gasteiger partial charge in [-0.05, 0) is 35.7 Å². The number of hydrogen-bond donors (Lipinski definition) is 0. The third kappa shape index (κ3) is 5.90. The molecule has 4 rings (SSSR count). The Morgan fingerprint density at radius 1 is 0.971 bits per heavy atom. The second-order valence-corrected chi connectivity index (χ2v) is 8.53. The summed E-state index contributed by atoms with van der Waals surface area (Å²) in [5.74, 6) is 1.15. The standard InChI is InChI=1S/C26H25N3O4S/c1-32-24-12-6-5-8-20(24)18-28(19-22-11-7-17-34-22)26(31)23-13-14-25(30)29(27-23)15-16-33-21-9-3-2-4-10-21/h2-14,17H,15-16,18-19H2,1H3. The van der Waals surface area contributed by atoms with Crippen LogP contribution in [0.15, 0.2) is 89.0 Å². The van der Waals surface area contributed by atoms with E-state index in [-0.39, 0.29) is 30.3 Å². The molecule has 0 bridgehead atoms. The molecule has 0 N–H and O–H groups in total. The van der Waals surface area contributed by atoms with Gasteiger partial charge in [-0.2, -0.15) is 5.10 Å². The lowest BCUT2D eigenvalue weighted by atomic mass is 10.1. The fraction of sp³-hybridized carbons (Fsp3) is 0.192. The number of rotatable bonds is 10. The van der Waals surface area contributed by atoms with E-state index >= 15 is 0 Å². The van der Waals surface area contributed by atoms with Gasteiger partial charge in [-0.15, -0.1) is 11.3 Å². The minimum atomic E-state index is -0.289. The Balaban J connectivity index is 1.54. The van der Waals surface area contributed by atoms with Crippen molar-refractivity contribution < 1.29 is 14.3 Å². The molecule has 0 aliphatic rings. The summed E-state index contributed by atoms with van der Waals surface area (Å²) in [6.45, 7) is 1.26. The number of aromatic nitrogens is 2. The van der Waals surface area contributed by atoms with Gasteiger partial charge in [0.15, 0.2) is 0 Å². The molecule has 4 aromatic rings. The molecule has 8 heteroatoms. The number of carbonyl (C=O) groups is 1. The normalized spacial score (nSPS) is 10.6. The van der Waals surface area contributed by atoms with Crippen molar-refractivity contribution in [1.29, 1.82) is 0 Å². The maximum Gasteiger partial charge on any atom is 0.274 e. The lowest BCUT2D eigenvalue weighted by molar-refractivity contribution is 0.0721. The number of thiophene rings is 1. The summed E-state index contributed by atoms with van der Waals surface area (Å²) in [5, 5.41) is 6.32. The zero-order valence-corrected chi connectivity index (χ0v) is 19.6. The SMILES string of the molecule is COc1ccccc1CN(Cc1cccs1)C(=O)c1ccc(=O)n(CCOc2ccccc2)n1. The number of benzene rings is 2. The summed E-state index contributed by atoms with van der Waals surface area (Å²) < 4.78 is 12.4. The van der Waals surface area contributed by atoms with E-state index < -0.39 is 0 Å². The number of nitrogens with zero attached hydrogens (tertiary/aromatic N) is 3. The van der Waals surface area contributed by atoms with Crippen LogP contribution in [0, 0.1) is 0 Å². The highest BCUT2D eigenvalue weighted by molar-refractivity contribution is 7.09. The van der Waals surface area contributed by atoms with Crippen molar-refractivity contribution in [2.45, 2.75) is 19.6 Å². The van der Waals surface area contributed by atoms with Crippen LogP contribution < -0.4 is 15.0 Å². The van der Waals surface area contributed by atoms with E-state index in [0.717, 1.165) is 10.4 Å². The summed E-state index contributed by atoms with van der Waals surface area (Å²) in [4.78, 5) is 28.6. The first-order chi connectivity index (χ1) is 16.6. The van der Waals surface area contributed by atoms with Crippen LogP contribution in [0.3, 0.4) is 0 Å². The first kappa shape index (κ1) is 23.3. The summed E-state index contributed by atoms with van der Waals surface area (Å²) in [6, 6.07) is 23.7. The van der Waals surface area contributed by atoms with Gasteiger partial charge in [0, 0.05) is 16.5 Å². The number of methoxy groups -OCH3 is 1. The van der Waals surface area contributed by atoms with Gasteiger partial charge in [0.1, 0.15) is 23.8 Å². The van der Waals surface area contributed by atoms with Crippen molar-refractivity contribution in [1.82, 2.24) is 14.7 Å². The summed E-state index contributed by atoms with van der Waals surface area (Å²) in [5.41, 5.74) is 0.799. The van der Waals surface area contributed by atoms with Crippen molar-refractivity contribution in [2.24, 2.45) is 0 Å². The fourth-order valence-electron chi connectivity index (χ4n) is 3.48. The predicted octanol–water partition coefficient (Wildman–Crippen LogP) is 4.24. The van der Waals surface area contributed by atoms with E-state index in [1.165, 1.54) is 16.8 Å². The summed E-state index contributed by atoms with van der Waals surface area (Å²) in [6.07, 6.45) is 0. The fourth-order valence-corrected chi connectivity index (χ4v) is 4.20. The van der Waals surface area contributed by atoms with Crippen LogP contribution >= 0.6 is 11.3 Å². The van der Waals surface area contributed by atoms with Gasteiger partial charge < -0.3 is 14.4 Å². The van der Waals surface area contributed by atoms with Crippen LogP contribution in [0.1, 0.15) is 20.9 Å². The van der Waals surface area contributed by atoms with E-state index in [1.807, 2.05) is 72.1 Å². The van der Waals surface area contributed by atoms with Crippen molar-refractivity contribution in [3.05, 3.63) is 111 Å². The Labute approximate surface area is 201 Å². The molecule has 34 heavy (non-hydrogen) atoms. The van der Waals surface area contributed by atoms with E-state index in [0.29, 0.717) is 24.6 Å². The zero-order chi connectivity index (χ0) is 23.8. The van der Waals surface area contributed by atoms with Gasteiger partial charge in [0.05, 0.1) is 26.7 Å². The van der Waals surface area contributed by atoms with Crippen LogP contribution in [0.25, 0.3) is 0 Å². The van der Waals surface area contributed by atoms with Crippen LogP contribution in [0.4, 0.5) is 0 Å². The van der Waals surface area contributed by atoms with Crippen molar-refractivity contribution in [2.75, 3.05) is 13.7 Å². The number of hydrogen-bond acceptors (Lipinski definition) is 6. The Morgan fingerprint density at radius 2 is 1.76 bits per heavy atom. The zero-order valence-electron chi connectivity index (χ0n) is 18.8. The van der Waals surface area contributed by atoms with Crippen LogP contribution in [-0.2, 0) is 19.6 Å². The number of para-hydroxylation sites is 2. The predicted molar refractivity (Wildman–Crippen MR) is 131 cm³/mol. The van der Waals surface area contributed by atoms with E-state index in [4.69, 9.17) is 9.47 Å². The minimum absolute atomic E-state index is 0.200. The average Bonchev–Trinajstić information content (AvgIpc) is 3.38. The number of ether oxygens (including phenoxy) is 2. The Bertz CT molecular complexity index is 1270. The Morgan fingerprint density at radius 3 is 2.53 bits per heavy atom. The highest BCUT2D eigenvalue weighted by Gasteiger charge is 2.21. The summed E-state index contributed by atoms with van der Waals surface area (Å²) >= 11 is 1.58. The third-order valence-electron chi connectivity index (χ3n) is 5.17. The van der Waals surface area contributed by atoms with Crippen LogP contribution in [0.2, 0.25) is 0 Å². The third-order valence-corrected chi connectivity index (χ3v) is 6.03. The van der Waals surface area contributed by atoms with Crippen molar-refractivity contribution in [3.63, 3.8) is 0 Å². The van der Waals surface area contributed by atoms with E-state index in [9.17, 15) is 9.59 Å². The molecule has 7 nitrogen and oxygen atoms in total. The van der Waals surface area contributed by atoms with Gasteiger partial charge in [-0.25, -0.2) is 4.68 Å². The minimum Gasteiger partial charge on any atom is -0.496 e. The molecule has 2 heterocycles.